The highest BCUT2D eigenvalue weighted by Gasteiger charge is 2.34. The number of nitrogens with zero attached hydrogens (tertiary/aromatic N) is 4. The maximum atomic E-state index is 5.68. The van der Waals surface area contributed by atoms with Gasteiger partial charge in [-0.05, 0) is 25.3 Å². The van der Waals surface area contributed by atoms with Crippen LogP contribution in [0.4, 0.5) is 0 Å². The fraction of sp³-hybridized carbons (Fsp3) is 0.565. The van der Waals surface area contributed by atoms with E-state index < -0.39 is 0 Å². The third-order valence-electron chi connectivity index (χ3n) is 6.25. The Morgan fingerprint density at radius 2 is 1.84 bits per heavy atom. The zero-order valence-electron chi connectivity index (χ0n) is 18.3. The monoisotopic (exact) mass is 539 g/mol. The molecule has 2 fully saturated rings. The average molecular weight is 539 g/mol. The van der Waals surface area contributed by atoms with Crippen LogP contribution >= 0.6 is 24.0 Å². The molecule has 0 unspecified atom stereocenters. The van der Waals surface area contributed by atoms with E-state index in [1.807, 2.05) is 6.07 Å². The van der Waals surface area contributed by atoms with Crippen LogP contribution in [-0.2, 0) is 16.7 Å². The second-order valence-corrected chi connectivity index (χ2v) is 8.18. The number of hydrogen-bond donors (Lipinski definition) is 1. The number of benzene rings is 1. The predicted molar refractivity (Wildman–Crippen MR) is 133 cm³/mol. The average Bonchev–Trinajstić information content (AvgIpc) is 3.32. The second-order valence-electron chi connectivity index (χ2n) is 8.18. The van der Waals surface area contributed by atoms with Crippen molar-refractivity contribution in [2.75, 3.05) is 52.5 Å². The first kappa shape index (κ1) is 24.0. The van der Waals surface area contributed by atoms with E-state index in [1.54, 1.807) is 6.26 Å². The minimum atomic E-state index is 0. The van der Waals surface area contributed by atoms with Crippen LogP contribution in [0.2, 0.25) is 0 Å². The summed E-state index contributed by atoms with van der Waals surface area (Å²) in [7, 11) is 0. The van der Waals surface area contributed by atoms with E-state index in [9.17, 15) is 0 Å². The van der Waals surface area contributed by atoms with Gasteiger partial charge in [0.2, 0.25) is 0 Å². The molecule has 1 aromatic heterocycles. The van der Waals surface area contributed by atoms with Crippen molar-refractivity contribution in [3.05, 3.63) is 53.9 Å². The molecule has 1 aromatic carbocycles. The van der Waals surface area contributed by atoms with Gasteiger partial charge in [-0.15, -0.1) is 24.0 Å². The lowest BCUT2D eigenvalue weighted by Gasteiger charge is -2.39. The molecule has 31 heavy (non-hydrogen) atoms. The van der Waals surface area contributed by atoms with Gasteiger partial charge in [-0.2, -0.15) is 0 Å². The lowest BCUT2D eigenvalue weighted by Crippen LogP contribution is -2.52. The quantitative estimate of drug-likeness (QED) is 0.346. The van der Waals surface area contributed by atoms with Gasteiger partial charge in [-0.3, -0.25) is 9.89 Å². The molecule has 0 bridgehead atoms. The summed E-state index contributed by atoms with van der Waals surface area (Å²) in [5, 5.41) is 7.55. The highest BCUT2D eigenvalue weighted by Crippen LogP contribution is 2.35. The van der Waals surface area contributed by atoms with Crippen molar-refractivity contribution < 1.29 is 9.26 Å². The van der Waals surface area contributed by atoms with Gasteiger partial charge in [0.1, 0.15) is 6.26 Å². The summed E-state index contributed by atoms with van der Waals surface area (Å²) in [6, 6.07) is 12.8. The van der Waals surface area contributed by atoms with Crippen LogP contribution in [0.1, 0.15) is 31.0 Å². The van der Waals surface area contributed by atoms with Crippen LogP contribution in [-0.4, -0.2) is 73.4 Å². The van der Waals surface area contributed by atoms with Gasteiger partial charge < -0.3 is 19.5 Å². The molecule has 8 heteroatoms. The summed E-state index contributed by atoms with van der Waals surface area (Å²) in [5.41, 5.74) is 2.44. The molecule has 4 rings (SSSR count). The first-order chi connectivity index (χ1) is 14.8. The van der Waals surface area contributed by atoms with E-state index in [1.165, 1.54) is 5.56 Å². The summed E-state index contributed by atoms with van der Waals surface area (Å²) in [6.07, 6.45) is 3.68. The number of halogens is 1. The fourth-order valence-corrected chi connectivity index (χ4v) is 4.41. The Labute approximate surface area is 202 Å². The van der Waals surface area contributed by atoms with E-state index in [0.29, 0.717) is 0 Å². The van der Waals surface area contributed by atoms with Crippen molar-refractivity contribution in [2.45, 2.75) is 31.7 Å². The minimum Gasteiger partial charge on any atom is -0.381 e. The van der Waals surface area contributed by atoms with E-state index in [-0.39, 0.29) is 29.4 Å². The van der Waals surface area contributed by atoms with Crippen LogP contribution in [0.25, 0.3) is 0 Å². The molecule has 0 spiro atoms. The molecular weight excluding hydrogens is 505 g/mol. The van der Waals surface area contributed by atoms with Crippen molar-refractivity contribution in [2.24, 2.45) is 4.99 Å². The molecular formula is C23H34IN5O2. The molecule has 2 aliphatic heterocycles. The van der Waals surface area contributed by atoms with Gasteiger partial charge in [-0.1, -0.05) is 35.5 Å². The van der Waals surface area contributed by atoms with E-state index in [4.69, 9.17) is 14.3 Å². The topological polar surface area (TPSA) is 66.1 Å². The van der Waals surface area contributed by atoms with Gasteiger partial charge in [0.25, 0.3) is 0 Å². The lowest BCUT2D eigenvalue weighted by atomic mass is 9.74. The number of rotatable bonds is 6. The number of nitrogens with one attached hydrogen (secondary N) is 1. The molecule has 2 aromatic rings. The van der Waals surface area contributed by atoms with Gasteiger partial charge in [0.05, 0.1) is 12.2 Å². The third-order valence-corrected chi connectivity index (χ3v) is 6.25. The Kier molecular flexibility index (Phi) is 9.15. The summed E-state index contributed by atoms with van der Waals surface area (Å²) >= 11 is 0. The summed E-state index contributed by atoms with van der Waals surface area (Å²) in [5.74, 6) is 1.03. The Morgan fingerprint density at radius 1 is 1.10 bits per heavy atom. The van der Waals surface area contributed by atoms with Crippen LogP contribution in [0.15, 0.2) is 52.2 Å². The molecule has 7 nitrogen and oxygen atoms in total. The first-order valence-electron chi connectivity index (χ1n) is 11.1. The Balaban J connectivity index is 0.00000272. The molecule has 1 N–H and O–H groups in total. The molecule has 0 amide bonds. The van der Waals surface area contributed by atoms with Crippen molar-refractivity contribution in [3.63, 3.8) is 0 Å². The first-order valence-corrected chi connectivity index (χ1v) is 11.1. The Bertz CT molecular complexity index is 786. The second kappa shape index (κ2) is 11.8. The summed E-state index contributed by atoms with van der Waals surface area (Å²) < 4.78 is 10.6. The van der Waals surface area contributed by atoms with Crippen LogP contribution in [0, 0.1) is 0 Å². The van der Waals surface area contributed by atoms with Crippen LogP contribution < -0.4 is 5.32 Å². The van der Waals surface area contributed by atoms with Gasteiger partial charge in [0.15, 0.2) is 5.96 Å². The lowest BCUT2D eigenvalue weighted by molar-refractivity contribution is 0.0529. The predicted octanol–water partition coefficient (Wildman–Crippen LogP) is 3.12. The van der Waals surface area contributed by atoms with Gasteiger partial charge in [-0.25, -0.2) is 0 Å². The van der Waals surface area contributed by atoms with Crippen LogP contribution in [0.3, 0.4) is 0 Å². The molecule has 0 atom stereocenters. The zero-order chi connectivity index (χ0) is 20.7. The number of aliphatic imine (C=N–C) groups is 1. The summed E-state index contributed by atoms with van der Waals surface area (Å²) in [6.45, 7) is 10.2. The smallest absolute Gasteiger partial charge is 0.194 e. The van der Waals surface area contributed by atoms with Gasteiger partial charge in [0, 0.05) is 64.0 Å². The standard InChI is InChI=1S/C23H33N5O2.HI/c1-2-24-22(28-13-11-27(12-14-28)18-21-8-15-30-26-21)25-19-23(9-16-29-17-10-23)20-6-4-3-5-7-20;/h3-8,15H,2,9-14,16-19H2,1H3,(H,24,25);1H. The molecule has 3 heterocycles. The minimum absolute atomic E-state index is 0. The maximum absolute atomic E-state index is 5.68. The molecule has 0 radical (unpaired) electrons. The van der Waals surface area contributed by atoms with E-state index >= 15 is 0 Å². The van der Waals surface area contributed by atoms with Crippen molar-refractivity contribution >= 4 is 29.9 Å². The molecule has 0 aliphatic carbocycles. The number of piperazine rings is 1. The number of guanidine groups is 1. The Hall–Kier alpha value is -1.65. The summed E-state index contributed by atoms with van der Waals surface area (Å²) in [4.78, 5) is 9.95. The van der Waals surface area contributed by atoms with Crippen molar-refractivity contribution in [1.29, 1.82) is 0 Å². The highest BCUT2D eigenvalue weighted by atomic mass is 127. The van der Waals surface area contributed by atoms with Crippen molar-refractivity contribution in [1.82, 2.24) is 20.3 Å². The maximum Gasteiger partial charge on any atom is 0.194 e. The molecule has 2 saturated heterocycles. The van der Waals surface area contributed by atoms with Gasteiger partial charge >= 0.3 is 0 Å². The number of ether oxygens (including phenoxy) is 1. The Morgan fingerprint density at radius 3 is 2.48 bits per heavy atom. The molecule has 2 aliphatic rings. The molecule has 0 saturated carbocycles. The normalized spacial score (nSPS) is 19.6. The number of hydrogen-bond acceptors (Lipinski definition) is 5. The fourth-order valence-electron chi connectivity index (χ4n) is 4.41. The van der Waals surface area contributed by atoms with Crippen molar-refractivity contribution in [3.8, 4) is 0 Å². The largest absolute Gasteiger partial charge is 0.381 e. The highest BCUT2D eigenvalue weighted by molar-refractivity contribution is 14.0. The third kappa shape index (κ3) is 6.20. The zero-order valence-corrected chi connectivity index (χ0v) is 20.7. The van der Waals surface area contributed by atoms with Crippen LogP contribution in [0.5, 0.6) is 0 Å². The van der Waals surface area contributed by atoms with E-state index in [2.05, 4.69) is 57.5 Å². The molecule has 170 valence electrons. The SMILES string of the molecule is CCNC(=NCC1(c2ccccc2)CCOCC1)N1CCN(Cc2ccon2)CC1.I. The number of aromatic nitrogens is 1. The van der Waals surface area contributed by atoms with E-state index in [0.717, 1.165) is 83.5 Å².